The summed E-state index contributed by atoms with van der Waals surface area (Å²) in [6.07, 6.45) is 1.91. The van der Waals surface area contributed by atoms with E-state index in [-0.39, 0.29) is 0 Å². The van der Waals surface area contributed by atoms with Crippen molar-refractivity contribution in [3.63, 3.8) is 0 Å². The van der Waals surface area contributed by atoms with Gasteiger partial charge in [0.2, 0.25) is 0 Å². The molecule has 0 aliphatic heterocycles. The number of ether oxygens (including phenoxy) is 1. The first-order valence-electron chi connectivity index (χ1n) is 6.66. The van der Waals surface area contributed by atoms with Crippen molar-refractivity contribution in [3.05, 3.63) is 58.1 Å². The molecule has 0 aromatic heterocycles. The van der Waals surface area contributed by atoms with E-state index in [0.717, 1.165) is 22.9 Å². The lowest BCUT2D eigenvalue weighted by atomic mass is 9.99. The van der Waals surface area contributed by atoms with E-state index in [4.69, 9.17) is 4.74 Å². The Labute approximate surface area is 127 Å². The van der Waals surface area contributed by atoms with Crippen LogP contribution in [0.25, 0.3) is 0 Å². The van der Waals surface area contributed by atoms with Crippen molar-refractivity contribution in [2.24, 2.45) is 0 Å². The van der Waals surface area contributed by atoms with Crippen LogP contribution >= 0.6 is 15.9 Å². The van der Waals surface area contributed by atoms with Gasteiger partial charge in [0, 0.05) is 4.47 Å². The molecule has 0 radical (unpaired) electrons. The standard InChI is InChI=1S/C17H17BrO2/c1-3-12(2)13-5-8-16(9-6-13)20-17-10-15(18)7-4-14(17)11-19/h4-12H,3H2,1-2H3. The Morgan fingerprint density at radius 1 is 1.20 bits per heavy atom. The fraction of sp³-hybridized carbons (Fsp3) is 0.235. The van der Waals surface area contributed by atoms with Crippen molar-refractivity contribution >= 4 is 22.2 Å². The zero-order valence-electron chi connectivity index (χ0n) is 11.6. The van der Waals surface area contributed by atoms with Gasteiger partial charge in [-0.15, -0.1) is 0 Å². The highest BCUT2D eigenvalue weighted by Gasteiger charge is 2.07. The molecular formula is C17H17BrO2. The first kappa shape index (κ1) is 14.8. The molecule has 0 N–H and O–H groups in total. The Morgan fingerprint density at radius 2 is 1.90 bits per heavy atom. The molecule has 0 saturated heterocycles. The Morgan fingerprint density at radius 3 is 2.50 bits per heavy atom. The minimum absolute atomic E-state index is 0.541. The molecule has 0 fully saturated rings. The highest BCUT2D eigenvalue weighted by molar-refractivity contribution is 9.10. The van der Waals surface area contributed by atoms with E-state index in [0.29, 0.717) is 17.2 Å². The van der Waals surface area contributed by atoms with E-state index in [9.17, 15) is 4.79 Å². The van der Waals surface area contributed by atoms with Gasteiger partial charge in [-0.1, -0.05) is 41.9 Å². The Kier molecular flexibility index (Phi) is 4.96. The van der Waals surface area contributed by atoms with Crippen molar-refractivity contribution in [2.75, 3.05) is 0 Å². The molecule has 3 heteroatoms. The number of rotatable bonds is 5. The number of aldehydes is 1. The van der Waals surface area contributed by atoms with Crippen molar-refractivity contribution in [1.82, 2.24) is 0 Å². The molecule has 0 spiro atoms. The molecule has 0 heterocycles. The molecule has 2 aromatic carbocycles. The Bertz CT molecular complexity index is 590. The summed E-state index contributed by atoms with van der Waals surface area (Å²) in [4.78, 5) is 11.0. The average molecular weight is 333 g/mol. The van der Waals surface area contributed by atoms with Gasteiger partial charge in [0.1, 0.15) is 11.5 Å². The summed E-state index contributed by atoms with van der Waals surface area (Å²) in [6.45, 7) is 4.38. The van der Waals surface area contributed by atoms with Gasteiger partial charge in [0.25, 0.3) is 0 Å². The molecule has 0 saturated carbocycles. The van der Waals surface area contributed by atoms with Crippen LogP contribution in [-0.2, 0) is 0 Å². The van der Waals surface area contributed by atoms with E-state index >= 15 is 0 Å². The normalized spacial score (nSPS) is 11.9. The monoisotopic (exact) mass is 332 g/mol. The van der Waals surface area contributed by atoms with Gasteiger partial charge >= 0.3 is 0 Å². The average Bonchev–Trinajstić information content (AvgIpc) is 2.47. The van der Waals surface area contributed by atoms with Gasteiger partial charge in [0.05, 0.1) is 5.56 Å². The van der Waals surface area contributed by atoms with Gasteiger partial charge in [-0.2, -0.15) is 0 Å². The van der Waals surface area contributed by atoms with Crippen LogP contribution in [0, 0.1) is 0 Å². The molecule has 1 unspecified atom stereocenters. The Balaban J connectivity index is 2.22. The van der Waals surface area contributed by atoms with Gasteiger partial charge < -0.3 is 4.74 Å². The predicted octanol–water partition coefficient (Wildman–Crippen LogP) is 5.57. The van der Waals surface area contributed by atoms with Crippen LogP contribution in [0.2, 0.25) is 0 Å². The highest BCUT2D eigenvalue weighted by atomic mass is 79.9. The maximum absolute atomic E-state index is 11.0. The third kappa shape index (κ3) is 3.48. The zero-order chi connectivity index (χ0) is 14.5. The van der Waals surface area contributed by atoms with Crippen LogP contribution in [-0.4, -0.2) is 6.29 Å². The first-order valence-corrected chi connectivity index (χ1v) is 7.46. The van der Waals surface area contributed by atoms with Crippen molar-refractivity contribution in [2.45, 2.75) is 26.2 Å². The van der Waals surface area contributed by atoms with Crippen molar-refractivity contribution in [3.8, 4) is 11.5 Å². The fourth-order valence-electron chi connectivity index (χ4n) is 1.92. The fourth-order valence-corrected chi connectivity index (χ4v) is 2.26. The number of hydrogen-bond acceptors (Lipinski definition) is 2. The second kappa shape index (κ2) is 6.71. The van der Waals surface area contributed by atoms with Gasteiger partial charge in [-0.05, 0) is 48.2 Å². The summed E-state index contributed by atoms with van der Waals surface area (Å²) in [5, 5.41) is 0. The maximum atomic E-state index is 11.0. The topological polar surface area (TPSA) is 26.3 Å². The predicted molar refractivity (Wildman–Crippen MR) is 84.8 cm³/mol. The van der Waals surface area contributed by atoms with E-state index < -0.39 is 0 Å². The molecule has 0 amide bonds. The minimum atomic E-state index is 0.541. The molecule has 104 valence electrons. The summed E-state index contributed by atoms with van der Waals surface area (Å²) < 4.78 is 6.67. The third-order valence-corrected chi connectivity index (χ3v) is 3.89. The minimum Gasteiger partial charge on any atom is -0.457 e. The molecule has 0 aliphatic carbocycles. The molecule has 2 aromatic rings. The molecule has 0 bridgehead atoms. The van der Waals surface area contributed by atoms with Gasteiger partial charge in [-0.3, -0.25) is 4.79 Å². The number of carbonyl (C=O) groups is 1. The van der Waals surface area contributed by atoms with E-state index in [1.165, 1.54) is 5.56 Å². The molecule has 2 nitrogen and oxygen atoms in total. The van der Waals surface area contributed by atoms with Crippen LogP contribution in [0.15, 0.2) is 46.9 Å². The molecule has 20 heavy (non-hydrogen) atoms. The van der Waals surface area contributed by atoms with Crippen LogP contribution in [0.1, 0.15) is 42.1 Å². The summed E-state index contributed by atoms with van der Waals surface area (Å²) in [7, 11) is 0. The largest absolute Gasteiger partial charge is 0.457 e. The second-order valence-electron chi connectivity index (χ2n) is 4.78. The highest BCUT2D eigenvalue weighted by Crippen LogP contribution is 2.29. The van der Waals surface area contributed by atoms with Crippen LogP contribution in [0.3, 0.4) is 0 Å². The number of hydrogen-bond donors (Lipinski definition) is 0. The van der Waals surface area contributed by atoms with E-state index in [1.54, 1.807) is 12.1 Å². The van der Waals surface area contributed by atoms with Gasteiger partial charge in [0.15, 0.2) is 6.29 Å². The van der Waals surface area contributed by atoms with E-state index in [2.05, 4.69) is 41.9 Å². The zero-order valence-corrected chi connectivity index (χ0v) is 13.2. The lowest BCUT2D eigenvalue weighted by molar-refractivity contribution is 0.112. The molecule has 1 atom stereocenters. The van der Waals surface area contributed by atoms with Crippen LogP contribution in [0.5, 0.6) is 11.5 Å². The number of halogens is 1. The number of benzene rings is 2. The summed E-state index contributed by atoms with van der Waals surface area (Å²) in [5.41, 5.74) is 1.84. The summed E-state index contributed by atoms with van der Waals surface area (Å²) in [5.74, 6) is 1.84. The molecular weight excluding hydrogens is 316 g/mol. The smallest absolute Gasteiger partial charge is 0.153 e. The third-order valence-electron chi connectivity index (χ3n) is 3.39. The van der Waals surface area contributed by atoms with E-state index in [1.807, 2.05) is 18.2 Å². The van der Waals surface area contributed by atoms with Gasteiger partial charge in [-0.25, -0.2) is 0 Å². The maximum Gasteiger partial charge on any atom is 0.153 e. The molecule has 0 aliphatic rings. The van der Waals surface area contributed by atoms with Crippen molar-refractivity contribution in [1.29, 1.82) is 0 Å². The summed E-state index contributed by atoms with van der Waals surface area (Å²) >= 11 is 3.38. The number of carbonyl (C=O) groups excluding carboxylic acids is 1. The summed E-state index contributed by atoms with van der Waals surface area (Å²) in [6, 6.07) is 13.4. The molecule has 2 rings (SSSR count). The lowest BCUT2D eigenvalue weighted by Gasteiger charge is -2.11. The van der Waals surface area contributed by atoms with Crippen molar-refractivity contribution < 1.29 is 9.53 Å². The lowest BCUT2D eigenvalue weighted by Crippen LogP contribution is -1.93. The Hall–Kier alpha value is -1.61. The quantitative estimate of drug-likeness (QED) is 0.669. The SMILES string of the molecule is CCC(C)c1ccc(Oc2cc(Br)ccc2C=O)cc1. The van der Waals surface area contributed by atoms with Crippen LogP contribution in [0.4, 0.5) is 0 Å². The second-order valence-corrected chi connectivity index (χ2v) is 5.70. The van der Waals surface area contributed by atoms with Crippen LogP contribution < -0.4 is 4.74 Å². The first-order chi connectivity index (χ1) is 9.63.